The van der Waals surface area contributed by atoms with Gasteiger partial charge in [-0.05, 0) is 36.5 Å². The number of hydrogen-bond acceptors (Lipinski definition) is 4. The van der Waals surface area contributed by atoms with E-state index in [-0.39, 0.29) is 83.0 Å². The molecule has 1 aromatic rings. The van der Waals surface area contributed by atoms with Crippen molar-refractivity contribution in [3.63, 3.8) is 0 Å². The summed E-state index contributed by atoms with van der Waals surface area (Å²) in [5.74, 6) is -0.576. The zero-order valence-corrected chi connectivity index (χ0v) is 21.9. The molecule has 0 amide bonds. The number of nitrogens with one attached hydrogen (secondary N) is 1. The van der Waals surface area contributed by atoms with E-state index in [2.05, 4.69) is 5.32 Å². The van der Waals surface area contributed by atoms with Gasteiger partial charge in [-0.1, -0.05) is 31.4 Å². The minimum Gasteiger partial charge on any atom is -0.478 e. The summed E-state index contributed by atoms with van der Waals surface area (Å²) in [6.07, 6.45) is 6.05. The molecule has 0 aromatic heterocycles. The molecule has 0 radical (unpaired) electrons. The van der Waals surface area contributed by atoms with E-state index < -0.39 is 13.3 Å². The number of hydrogen-bond donors (Lipinski definition) is 3. The van der Waals surface area contributed by atoms with Crippen LogP contribution in [0.3, 0.4) is 0 Å². The Morgan fingerprint density at radius 2 is 1.89 bits per heavy atom. The van der Waals surface area contributed by atoms with Gasteiger partial charge in [-0.2, -0.15) is 0 Å². The predicted molar refractivity (Wildman–Crippen MR) is 100 cm³/mol. The second kappa shape index (κ2) is 12.6. The third-order valence-electron chi connectivity index (χ3n) is 5.38. The van der Waals surface area contributed by atoms with Crippen LogP contribution in [-0.2, 0) is 9.30 Å². The van der Waals surface area contributed by atoms with Crippen molar-refractivity contribution >= 4 is 13.3 Å². The Morgan fingerprint density at radius 3 is 2.50 bits per heavy atom. The first-order chi connectivity index (χ1) is 12.4. The smallest absolute Gasteiger partial charge is 0.478 e. The summed E-state index contributed by atoms with van der Waals surface area (Å²) in [4.78, 5) is 21.5. The predicted octanol–water partition coefficient (Wildman–Crippen LogP) is -2.73. The van der Waals surface area contributed by atoms with Crippen LogP contribution < -0.4 is 64.4 Å². The number of ether oxygens (including phenoxy) is 1. The molecule has 28 heavy (non-hydrogen) atoms. The van der Waals surface area contributed by atoms with Crippen LogP contribution in [0.2, 0.25) is 0 Å². The molecular weight excluding hydrogens is 399 g/mol. The van der Waals surface area contributed by atoms with Gasteiger partial charge in [0.1, 0.15) is 0 Å². The van der Waals surface area contributed by atoms with Crippen molar-refractivity contribution in [2.24, 2.45) is 5.92 Å². The van der Waals surface area contributed by atoms with E-state index in [0.29, 0.717) is 25.2 Å². The average Bonchev–Trinajstić information content (AvgIpc) is 2.62. The van der Waals surface area contributed by atoms with Crippen molar-refractivity contribution in [3.05, 3.63) is 35.4 Å². The van der Waals surface area contributed by atoms with Crippen LogP contribution >= 0.6 is 7.37 Å². The van der Waals surface area contributed by atoms with Gasteiger partial charge in [-0.15, -0.1) is 0 Å². The summed E-state index contributed by atoms with van der Waals surface area (Å²) >= 11 is 0. The Balaban J connectivity index is 0.00000196. The van der Waals surface area contributed by atoms with E-state index in [0.717, 1.165) is 18.4 Å². The first kappa shape index (κ1) is 26.8. The Bertz CT molecular complexity index is 676. The summed E-state index contributed by atoms with van der Waals surface area (Å²) in [6, 6.07) is 6.70. The molecule has 1 saturated heterocycles. The van der Waals surface area contributed by atoms with Crippen LogP contribution in [0.1, 0.15) is 54.1 Å². The van der Waals surface area contributed by atoms with Crippen LogP contribution in [0.15, 0.2) is 24.3 Å². The number of carboxylic acids is 1. The maximum Gasteiger partial charge on any atom is 1.00 e. The van der Waals surface area contributed by atoms with Crippen molar-refractivity contribution in [3.8, 4) is 0 Å². The molecular formula is C19H28NNa2O5P+2. The molecule has 3 N–H and O–H groups in total. The molecule has 3 atom stereocenters. The van der Waals surface area contributed by atoms with E-state index in [4.69, 9.17) is 9.84 Å². The molecule has 1 aliphatic carbocycles. The summed E-state index contributed by atoms with van der Waals surface area (Å²) in [6.45, 7) is 0.869. The second-order valence-electron chi connectivity index (χ2n) is 7.56. The summed E-state index contributed by atoms with van der Waals surface area (Å²) in [7, 11) is -3.18. The molecule has 144 valence electrons. The minimum atomic E-state index is -3.18. The van der Waals surface area contributed by atoms with Crippen molar-refractivity contribution in [2.75, 3.05) is 25.5 Å². The Labute approximate surface area is 211 Å². The van der Waals surface area contributed by atoms with Gasteiger partial charge in [0.05, 0.1) is 30.5 Å². The number of rotatable bonds is 6. The zero-order chi connectivity index (χ0) is 18.6. The molecule has 9 heteroatoms. The average molecular weight is 427 g/mol. The van der Waals surface area contributed by atoms with Crippen LogP contribution in [0.5, 0.6) is 0 Å². The van der Waals surface area contributed by atoms with Crippen molar-refractivity contribution < 1.29 is 83.2 Å². The van der Waals surface area contributed by atoms with Gasteiger partial charge in [-0.25, -0.2) is 4.79 Å². The van der Waals surface area contributed by atoms with Crippen molar-refractivity contribution in [1.29, 1.82) is 0 Å². The quantitative estimate of drug-likeness (QED) is 0.337. The van der Waals surface area contributed by atoms with E-state index in [1.165, 1.54) is 19.3 Å². The van der Waals surface area contributed by atoms with E-state index in [1.807, 2.05) is 6.07 Å². The molecule has 3 rings (SSSR count). The van der Waals surface area contributed by atoms with Gasteiger partial charge in [0, 0.05) is 12.7 Å². The first-order valence-corrected chi connectivity index (χ1v) is 11.4. The molecule has 1 unspecified atom stereocenters. The fourth-order valence-electron chi connectivity index (χ4n) is 4.01. The maximum atomic E-state index is 12.6. The van der Waals surface area contributed by atoms with Gasteiger partial charge in [0.15, 0.2) is 0 Å². The summed E-state index contributed by atoms with van der Waals surface area (Å²) < 4.78 is 18.4. The molecule has 1 aromatic carbocycles. The number of carbonyl (C=O) groups is 1. The third-order valence-corrected chi connectivity index (χ3v) is 7.45. The van der Waals surface area contributed by atoms with Crippen LogP contribution in [0.4, 0.5) is 0 Å². The zero-order valence-electron chi connectivity index (χ0n) is 17.0. The second-order valence-corrected chi connectivity index (χ2v) is 9.99. The normalized spacial score (nSPS) is 25.0. The van der Waals surface area contributed by atoms with Gasteiger partial charge < -0.3 is 20.1 Å². The van der Waals surface area contributed by atoms with Gasteiger partial charge in [0.25, 0.3) is 0 Å². The Morgan fingerprint density at radius 1 is 1.18 bits per heavy atom. The number of morpholine rings is 1. The topological polar surface area (TPSA) is 95.9 Å². The fraction of sp³-hybridized carbons (Fsp3) is 0.632. The molecule has 1 heterocycles. The molecule has 2 fully saturated rings. The van der Waals surface area contributed by atoms with E-state index in [9.17, 15) is 14.3 Å². The summed E-state index contributed by atoms with van der Waals surface area (Å²) in [5, 5.41) is 12.4. The minimum absolute atomic E-state index is 0. The van der Waals surface area contributed by atoms with Crippen LogP contribution in [0.25, 0.3) is 0 Å². The number of benzene rings is 1. The third kappa shape index (κ3) is 8.14. The molecule has 1 saturated carbocycles. The van der Waals surface area contributed by atoms with Crippen molar-refractivity contribution in [1.82, 2.24) is 5.32 Å². The van der Waals surface area contributed by atoms with Crippen LogP contribution in [0, 0.1) is 5.92 Å². The molecule has 6 nitrogen and oxygen atoms in total. The molecule has 0 bridgehead atoms. The fourth-order valence-corrected chi connectivity index (χ4v) is 6.20. The monoisotopic (exact) mass is 427 g/mol. The van der Waals surface area contributed by atoms with Crippen LogP contribution in [-0.4, -0.2) is 47.5 Å². The Hall–Kier alpha value is 0.800. The summed E-state index contributed by atoms with van der Waals surface area (Å²) in [5.41, 5.74) is 1.11. The van der Waals surface area contributed by atoms with E-state index >= 15 is 0 Å². The van der Waals surface area contributed by atoms with E-state index in [1.54, 1.807) is 18.2 Å². The first-order valence-electron chi connectivity index (χ1n) is 9.42. The number of carboxylic acid groups (broad SMARTS) is 1. The molecule has 1 aliphatic heterocycles. The maximum absolute atomic E-state index is 12.6. The SMILES string of the molecule is O=C(O)c1cccc([C@H]2CO[C@H](CP(=O)(O)CC3CCCCC3)CN2)c1.[Na+].[Na+]. The largest absolute Gasteiger partial charge is 1.00 e. The van der Waals surface area contributed by atoms with Crippen molar-refractivity contribution in [2.45, 2.75) is 44.2 Å². The van der Waals surface area contributed by atoms with Gasteiger partial charge in [0.2, 0.25) is 7.37 Å². The number of aromatic carboxylic acids is 1. The Kier molecular flexibility index (Phi) is 12.1. The standard InChI is InChI=1S/C19H28NO5P.2Na/c21-19(22)16-8-4-7-15(9-16)18-11-25-17(10-20-18)13-26(23,24)12-14-5-2-1-3-6-14;;/h4,7-9,14,17-18,20H,1-3,5-6,10-13H2,(H,21,22)(H,23,24);;/q;2*+1/t17-,18+;;/m0../s1. The van der Waals surface area contributed by atoms with Gasteiger partial charge >= 0.3 is 65.1 Å². The molecule has 0 spiro atoms. The van der Waals surface area contributed by atoms with Gasteiger partial charge in [-0.3, -0.25) is 4.57 Å². The molecule has 2 aliphatic rings.